The Labute approximate surface area is 122 Å². The minimum atomic E-state index is -0.381. The normalized spacial score (nSPS) is 11.0. The van der Waals surface area contributed by atoms with Gasteiger partial charge in [-0.05, 0) is 19.4 Å². The molecule has 7 nitrogen and oxygen atoms in total. The van der Waals surface area contributed by atoms with Gasteiger partial charge in [0.25, 0.3) is 5.56 Å². The molecular weight excluding hydrogens is 272 g/mol. The van der Waals surface area contributed by atoms with Gasteiger partial charge in [-0.3, -0.25) is 13.9 Å². The number of hydrogen-bond acceptors (Lipinski definition) is 5. The van der Waals surface area contributed by atoms with Crippen molar-refractivity contribution in [2.75, 3.05) is 25.1 Å². The Morgan fingerprint density at radius 1 is 1.29 bits per heavy atom. The van der Waals surface area contributed by atoms with E-state index < -0.39 is 0 Å². The van der Waals surface area contributed by atoms with Crippen LogP contribution >= 0.6 is 0 Å². The summed E-state index contributed by atoms with van der Waals surface area (Å²) in [6.07, 6.45) is 2.43. The molecule has 2 rings (SSSR count). The summed E-state index contributed by atoms with van der Waals surface area (Å²) in [7, 11) is 3.08. The topological polar surface area (TPSA) is 78.2 Å². The maximum Gasteiger partial charge on any atom is 0.332 e. The molecule has 0 aliphatic rings. The van der Waals surface area contributed by atoms with E-state index >= 15 is 0 Å². The maximum absolute atomic E-state index is 12.3. The molecule has 2 aromatic rings. The Morgan fingerprint density at radius 3 is 2.76 bits per heavy atom. The molecule has 0 fully saturated rings. The van der Waals surface area contributed by atoms with Gasteiger partial charge in [0.05, 0.1) is 5.69 Å². The summed E-state index contributed by atoms with van der Waals surface area (Å²) < 4.78 is 7.74. The largest absolute Gasteiger partial charge is 0.384 e. The fraction of sp³-hybridized carbons (Fsp3) is 0.500. The number of anilines is 1. The Hall–Kier alpha value is -2.15. The zero-order valence-corrected chi connectivity index (χ0v) is 12.5. The van der Waals surface area contributed by atoms with E-state index in [1.165, 1.54) is 11.6 Å². The van der Waals surface area contributed by atoms with Crippen LogP contribution in [0.25, 0.3) is 11.0 Å². The van der Waals surface area contributed by atoms with Crippen LogP contribution in [-0.2, 0) is 18.8 Å². The van der Waals surface area contributed by atoms with Crippen LogP contribution in [0.3, 0.4) is 0 Å². The molecule has 0 radical (unpaired) electrons. The van der Waals surface area contributed by atoms with E-state index in [4.69, 9.17) is 4.74 Å². The minimum Gasteiger partial charge on any atom is -0.384 e. The predicted octanol–water partition coefficient (Wildman–Crippen LogP) is 0.471. The highest BCUT2D eigenvalue weighted by atomic mass is 16.5. The van der Waals surface area contributed by atoms with Crippen LogP contribution in [-0.4, -0.2) is 33.9 Å². The number of aryl methyl sites for hydroxylation is 1. The predicted molar refractivity (Wildman–Crippen MR) is 81.8 cm³/mol. The highest BCUT2D eigenvalue weighted by molar-refractivity contribution is 5.87. The van der Waals surface area contributed by atoms with Crippen molar-refractivity contribution in [1.82, 2.24) is 14.1 Å². The van der Waals surface area contributed by atoms with Gasteiger partial charge in [-0.2, -0.15) is 0 Å². The second-order valence-corrected chi connectivity index (χ2v) is 4.74. The van der Waals surface area contributed by atoms with E-state index in [0.29, 0.717) is 36.5 Å². The summed E-state index contributed by atoms with van der Waals surface area (Å²) in [5.74, 6) is 0. The minimum absolute atomic E-state index is 0.339. The molecule has 0 spiro atoms. The zero-order valence-electron chi connectivity index (χ0n) is 12.5. The second kappa shape index (κ2) is 6.53. The van der Waals surface area contributed by atoms with E-state index in [1.54, 1.807) is 19.3 Å². The van der Waals surface area contributed by atoms with Gasteiger partial charge in [0.15, 0.2) is 5.65 Å². The van der Waals surface area contributed by atoms with Crippen molar-refractivity contribution in [2.24, 2.45) is 14.1 Å². The molecule has 0 saturated heterocycles. The molecule has 7 heteroatoms. The lowest BCUT2D eigenvalue weighted by molar-refractivity contribution is 0.147. The highest BCUT2D eigenvalue weighted by Gasteiger charge is 2.12. The summed E-state index contributed by atoms with van der Waals surface area (Å²) in [5, 5.41) is 3.64. The van der Waals surface area contributed by atoms with Crippen molar-refractivity contribution < 1.29 is 4.74 Å². The number of rotatable bonds is 6. The van der Waals surface area contributed by atoms with Crippen molar-refractivity contribution >= 4 is 16.7 Å². The quantitative estimate of drug-likeness (QED) is 0.783. The van der Waals surface area contributed by atoms with Gasteiger partial charge in [0.1, 0.15) is 5.39 Å². The Bertz CT molecular complexity index is 748. The molecule has 0 aliphatic heterocycles. The third-order valence-electron chi connectivity index (χ3n) is 3.33. The Balaban J connectivity index is 2.37. The number of fused-ring (bicyclic) bond motifs is 1. The van der Waals surface area contributed by atoms with E-state index in [0.717, 1.165) is 11.0 Å². The van der Waals surface area contributed by atoms with E-state index in [2.05, 4.69) is 10.3 Å². The fourth-order valence-corrected chi connectivity index (χ4v) is 2.18. The number of pyridine rings is 1. The lowest BCUT2D eigenvalue weighted by Crippen LogP contribution is -2.37. The molecule has 0 aliphatic carbocycles. The summed E-state index contributed by atoms with van der Waals surface area (Å²) in [6.45, 7) is 4.00. The number of nitrogens with zero attached hydrogens (tertiary/aromatic N) is 3. The zero-order chi connectivity index (χ0) is 15.4. The van der Waals surface area contributed by atoms with Crippen molar-refractivity contribution in [3.63, 3.8) is 0 Å². The fourth-order valence-electron chi connectivity index (χ4n) is 2.18. The smallest absolute Gasteiger partial charge is 0.332 e. The number of nitrogens with one attached hydrogen (secondary N) is 1. The lowest BCUT2D eigenvalue weighted by Gasteiger charge is -2.11. The van der Waals surface area contributed by atoms with E-state index in [-0.39, 0.29) is 11.2 Å². The summed E-state index contributed by atoms with van der Waals surface area (Å²) in [4.78, 5) is 28.3. The second-order valence-electron chi connectivity index (χ2n) is 4.74. The van der Waals surface area contributed by atoms with Crippen molar-refractivity contribution in [3.8, 4) is 0 Å². The molecule has 1 N–H and O–H groups in total. The van der Waals surface area contributed by atoms with Crippen LogP contribution in [0.2, 0.25) is 0 Å². The molecule has 0 atom stereocenters. The molecule has 21 heavy (non-hydrogen) atoms. The third kappa shape index (κ3) is 2.97. The van der Waals surface area contributed by atoms with Gasteiger partial charge in [-0.25, -0.2) is 9.78 Å². The highest BCUT2D eigenvalue weighted by Crippen LogP contribution is 2.16. The van der Waals surface area contributed by atoms with Gasteiger partial charge in [0.2, 0.25) is 0 Å². The van der Waals surface area contributed by atoms with Crippen LogP contribution in [0.5, 0.6) is 0 Å². The van der Waals surface area contributed by atoms with Gasteiger partial charge in [-0.15, -0.1) is 0 Å². The van der Waals surface area contributed by atoms with Gasteiger partial charge < -0.3 is 10.1 Å². The van der Waals surface area contributed by atoms with Crippen LogP contribution in [0.4, 0.5) is 5.69 Å². The first-order chi connectivity index (χ1) is 10.1. The first-order valence-electron chi connectivity index (χ1n) is 6.94. The molecule has 114 valence electrons. The summed E-state index contributed by atoms with van der Waals surface area (Å²) >= 11 is 0. The molecule has 0 amide bonds. The maximum atomic E-state index is 12.3. The van der Waals surface area contributed by atoms with Crippen molar-refractivity contribution in [1.29, 1.82) is 0 Å². The van der Waals surface area contributed by atoms with Gasteiger partial charge in [-0.1, -0.05) is 0 Å². The number of aromatic nitrogens is 3. The Morgan fingerprint density at radius 2 is 2.05 bits per heavy atom. The van der Waals surface area contributed by atoms with Crippen molar-refractivity contribution in [2.45, 2.75) is 13.3 Å². The first-order valence-corrected chi connectivity index (χ1v) is 6.94. The average molecular weight is 292 g/mol. The molecule has 2 aromatic heterocycles. The van der Waals surface area contributed by atoms with Crippen LogP contribution in [0.15, 0.2) is 21.9 Å². The van der Waals surface area contributed by atoms with Gasteiger partial charge >= 0.3 is 5.69 Å². The molecule has 2 heterocycles. The molecule has 0 aromatic carbocycles. The van der Waals surface area contributed by atoms with Crippen LogP contribution in [0, 0.1) is 0 Å². The molecular formula is C14H20N4O3. The van der Waals surface area contributed by atoms with Crippen molar-refractivity contribution in [3.05, 3.63) is 33.1 Å². The summed E-state index contributed by atoms with van der Waals surface area (Å²) in [6, 6.07) is 1.74. The average Bonchev–Trinajstić information content (AvgIpc) is 2.50. The van der Waals surface area contributed by atoms with Crippen LogP contribution in [0.1, 0.15) is 13.3 Å². The SMILES string of the molecule is CCOCCCNc1ccnc2c1c(=O)n(C)c(=O)n2C. The van der Waals surface area contributed by atoms with Gasteiger partial charge in [0, 0.05) is 40.1 Å². The number of hydrogen-bond donors (Lipinski definition) is 1. The van der Waals surface area contributed by atoms with E-state index in [1.807, 2.05) is 6.92 Å². The molecule has 0 unspecified atom stereocenters. The molecule has 0 bridgehead atoms. The number of ether oxygens (including phenoxy) is 1. The summed E-state index contributed by atoms with van der Waals surface area (Å²) in [5.41, 5.74) is 0.354. The monoisotopic (exact) mass is 292 g/mol. The third-order valence-corrected chi connectivity index (χ3v) is 3.33. The molecule has 0 saturated carbocycles. The van der Waals surface area contributed by atoms with Crippen LogP contribution < -0.4 is 16.6 Å². The van der Waals surface area contributed by atoms with E-state index in [9.17, 15) is 9.59 Å². The standard InChI is InChI=1S/C14H20N4O3/c1-4-21-9-5-7-15-10-6-8-16-12-11(10)13(19)18(3)14(20)17(12)2/h6,8H,4-5,7,9H2,1-3H3,(H,15,16). The lowest BCUT2D eigenvalue weighted by atomic mass is 10.2. The Kier molecular flexibility index (Phi) is 4.74. The first kappa shape index (κ1) is 15.2.